The number of halogens is 1. The first kappa shape index (κ1) is 12.9. The molecule has 1 aromatic carbocycles. The fourth-order valence-electron chi connectivity index (χ4n) is 2.76. The van der Waals surface area contributed by atoms with E-state index >= 15 is 0 Å². The van der Waals surface area contributed by atoms with E-state index in [4.69, 9.17) is 11.6 Å². The smallest absolute Gasteiger partial charge is 0.0409 e. The molecule has 1 aliphatic rings. The Morgan fingerprint density at radius 3 is 2.76 bits per heavy atom. The molecule has 1 nitrogen and oxygen atoms in total. The predicted molar refractivity (Wildman–Crippen MR) is 74.4 cm³/mol. The molecule has 0 spiro atoms. The van der Waals surface area contributed by atoms with Gasteiger partial charge in [-0.15, -0.1) is 0 Å². The lowest BCUT2D eigenvalue weighted by Crippen LogP contribution is -2.38. The van der Waals surface area contributed by atoms with Crippen molar-refractivity contribution in [3.8, 4) is 0 Å². The lowest BCUT2D eigenvalue weighted by Gasteiger charge is -2.32. The molecule has 1 saturated carbocycles. The second-order valence-corrected chi connectivity index (χ2v) is 5.75. The van der Waals surface area contributed by atoms with Crippen LogP contribution in [0.15, 0.2) is 24.3 Å². The molecule has 2 heteroatoms. The SMILES string of the molecule is CC1CCCCC1N[C@@H](C)c1cccc(Cl)c1. The average Bonchev–Trinajstić information content (AvgIpc) is 2.32. The summed E-state index contributed by atoms with van der Waals surface area (Å²) in [7, 11) is 0. The van der Waals surface area contributed by atoms with Gasteiger partial charge >= 0.3 is 0 Å². The van der Waals surface area contributed by atoms with Gasteiger partial charge in [0.25, 0.3) is 0 Å². The van der Waals surface area contributed by atoms with Gasteiger partial charge in [0.1, 0.15) is 0 Å². The van der Waals surface area contributed by atoms with Gasteiger partial charge in [-0.05, 0) is 43.4 Å². The third-order valence-corrected chi connectivity index (χ3v) is 4.16. The molecule has 1 N–H and O–H groups in total. The van der Waals surface area contributed by atoms with Gasteiger partial charge in [-0.2, -0.15) is 0 Å². The molecule has 1 aliphatic carbocycles. The Kier molecular flexibility index (Phi) is 4.47. The Bertz CT molecular complexity index is 364. The molecule has 3 atom stereocenters. The second-order valence-electron chi connectivity index (χ2n) is 5.31. The third kappa shape index (κ3) is 3.46. The standard InChI is InChI=1S/C15H22ClN/c1-11-6-3-4-9-15(11)17-12(2)13-7-5-8-14(16)10-13/h5,7-8,10-12,15,17H,3-4,6,9H2,1-2H3/t11?,12-,15?/m0/s1. The van der Waals surface area contributed by atoms with Crippen molar-refractivity contribution >= 4 is 11.6 Å². The van der Waals surface area contributed by atoms with E-state index in [2.05, 4.69) is 31.3 Å². The zero-order valence-corrected chi connectivity index (χ0v) is 11.5. The first-order chi connectivity index (χ1) is 8.16. The fourth-order valence-corrected chi connectivity index (χ4v) is 2.96. The van der Waals surface area contributed by atoms with Gasteiger partial charge in [0, 0.05) is 17.1 Å². The number of hydrogen-bond acceptors (Lipinski definition) is 1. The molecule has 0 aromatic heterocycles. The summed E-state index contributed by atoms with van der Waals surface area (Å²) in [6, 6.07) is 9.22. The van der Waals surface area contributed by atoms with Crippen molar-refractivity contribution in [3.05, 3.63) is 34.9 Å². The summed E-state index contributed by atoms with van der Waals surface area (Å²) < 4.78 is 0. The summed E-state index contributed by atoms with van der Waals surface area (Å²) >= 11 is 6.03. The normalized spacial score (nSPS) is 26.8. The molecule has 0 saturated heterocycles. The number of benzene rings is 1. The quantitative estimate of drug-likeness (QED) is 0.830. The van der Waals surface area contributed by atoms with Crippen molar-refractivity contribution < 1.29 is 0 Å². The van der Waals surface area contributed by atoms with Crippen LogP contribution >= 0.6 is 11.6 Å². The van der Waals surface area contributed by atoms with Crippen LogP contribution in [0.2, 0.25) is 5.02 Å². The van der Waals surface area contributed by atoms with Gasteiger partial charge in [-0.25, -0.2) is 0 Å². The minimum Gasteiger partial charge on any atom is -0.307 e. The van der Waals surface area contributed by atoms with E-state index in [9.17, 15) is 0 Å². The second kappa shape index (κ2) is 5.88. The minimum absolute atomic E-state index is 0.388. The van der Waals surface area contributed by atoms with Gasteiger partial charge in [0.2, 0.25) is 0 Å². The van der Waals surface area contributed by atoms with Crippen molar-refractivity contribution in [1.82, 2.24) is 5.32 Å². The van der Waals surface area contributed by atoms with E-state index in [1.165, 1.54) is 31.2 Å². The highest BCUT2D eigenvalue weighted by Crippen LogP contribution is 2.26. The van der Waals surface area contributed by atoms with E-state index in [1.807, 2.05) is 12.1 Å². The van der Waals surface area contributed by atoms with Crippen LogP contribution in [-0.4, -0.2) is 6.04 Å². The number of rotatable bonds is 3. The maximum Gasteiger partial charge on any atom is 0.0409 e. The van der Waals surface area contributed by atoms with E-state index in [0.29, 0.717) is 12.1 Å². The first-order valence-corrected chi connectivity index (χ1v) is 7.06. The van der Waals surface area contributed by atoms with Gasteiger partial charge in [-0.3, -0.25) is 0 Å². The Morgan fingerprint density at radius 1 is 1.29 bits per heavy atom. The topological polar surface area (TPSA) is 12.0 Å². The molecule has 17 heavy (non-hydrogen) atoms. The largest absolute Gasteiger partial charge is 0.307 e. The Labute approximate surface area is 110 Å². The van der Waals surface area contributed by atoms with Crippen LogP contribution in [0.25, 0.3) is 0 Å². The molecule has 0 radical (unpaired) electrons. The molecular weight excluding hydrogens is 230 g/mol. The molecular formula is C15H22ClN. The fraction of sp³-hybridized carbons (Fsp3) is 0.600. The molecule has 1 aromatic rings. The average molecular weight is 252 g/mol. The van der Waals surface area contributed by atoms with Crippen LogP contribution in [0, 0.1) is 5.92 Å². The van der Waals surface area contributed by atoms with Crippen molar-refractivity contribution in [2.75, 3.05) is 0 Å². The van der Waals surface area contributed by atoms with Crippen LogP contribution in [-0.2, 0) is 0 Å². The zero-order chi connectivity index (χ0) is 12.3. The molecule has 0 bridgehead atoms. The van der Waals surface area contributed by atoms with Crippen molar-refractivity contribution in [2.45, 2.75) is 51.6 Å². The summed E-state index contributed by atoms with van der Waals surface area (Å²) in [5.41, 5.74) is 1.29. The van der Waals surface area contributed by atoms with E-state index in [0.717, 1.165) is 10.9 Å². The highest BCUT2D eigenvalue weighted by Gasteiger charge is 2.22. The van der Waals surface area contributed by atoms with Crippen LogP contribution in [0.5, 0.6) is 0 Å². The molecule has 0 aliphatic heterocycles. The van der Waals surface area contributed by atoms with Crippen LogP contribution in [0.4, 0.5) is 0 Å². The van der Waals surface area contributed by atoms with Gasteiger partial charge < -0.3 is 5.32 Å². The summed E-state index contributed by atoms with van der Waals surface area (Å²) in [6.45, 7) is 4.59. The molecule has 2 rings (SSSR count). The molecule has 0 heterocycles. The molecule has 2 unspecified atom stereocenters. The maximum absolute atomic E-state index is 6.03. The highest BCUT2D eigenvalue weighted by atomic mass is 35.5. The lowest BCUT2D eigenvalue weighted by atomic mass is 9.85. The first-order valence-electron chi connectivity index (χ1n) is 6.68. The summed E-state index contributed by atoms with van der Waals surface area (Å²) in [6.07, 6.45) is 5.43. The van der Waals surface area contributed by atoms with Crippen LogP contribution in [0.1, 0.15) is 51.1 Å². The van der Waals surface area contributed by atoms with E-state index in [1.54, 1.807) is 0 Å². The van der Waals surface area contributed by atoms with E-state index in [-0.39, 0.29) is 0 Å². The zero-order valence-electron chi connectivity index (χ0n) is 10.7. The maximum atomic E-state index is 6.03. The van der Waals surface area contributed by atoms with Crippen molar-refractivity contribution in [2.24, 2.45) is 5.92 Å². The summed E-state index contributed by atoms with van der Waals surface area (Å²) in [4.78, 5) is 0. The van der Waals surface area contributed by atoms with Crippen molar-refractivity contribution in [1.29, 1.82) is 0 Å². The number of hydrogen-bond donors (Lipinski definition) is 1. The predicted octanol–water partition coefficient (Wildman–Crippen LogP) is 4.57. The summed E-state index contributed by atoms with van der Waals surface area (Å²) in [5, 5.41) is 4.58. The van der Waals surface area contributed by atoms with Crippen molar-refractivity contribution in [3.63, 3.8) is 0 Å². The van der Waals surface area contributed by atoms with Crippen LogP contribution in [0.3, 0.4) is 0 Å². The minimum atomic E-state index is 0.388. The van der Waals surface area contributed by atoms with E-state index < -0.39 is 0 Å². The third-order valence-electron chi connectivity index (χ3n) is 3.92. The molecule has 0 amide bonds. The monoisotopic (exact) mass is 251 g/mol. The Hall–Kier alpha value is -0.530. The lowest BCUT2D eigenvalue weighted by molar-refractivity contribution is 0.263. The molecule has 94 valence electrons. The number of nitrogens with one attached hydrogen (secondary N) is 1. The molecule has 1 fully saturated rings. The van der Waals surface area contributed by atoms with Crippen LogP contribution < -0.4 is 5.32 Å². The Morgan fingerprint density at radius 2 is 2.06 bits per heavy atom. The summed E-state index contributed by atoms with van der Waals surface area (Å²) in [5.74, 6) is 0.797. The Balaban J connectivity index is 1.98. The highest BCUT2D eigenvalue weighted by molar-refractivity contribution is 6.30. The van der Waals surface area contributed by atoms with Gasteiger partial charge in [0.15, 0.2) is 0 Å². The van der Waals surface area contributed by atoms with Gasteiger partial charge in [-0.1, -0.05) is 43.5 Å². The van der Waals surface area contributed by atoms with Gasteiger partial charge in [0.05, 0.1) is 0 Å².